The molecule has 0 radical (unpaired) electrons. The third-order valence-corrected chi connectivity index (χ3v) is 8.75. The van der Waals surface area contributed by atoms with Gasteiger partial charge in [0.2, 0.25) is 5.91 Å². The average Bonchev–Trinajstić information content (AvgIpc) is 3.19. The van der Waals surface area contributed by atoms with Gasteiger partial charge in [-0.15, -0.1) is 13.2 Å². The molecule has 2 heterocycles. The highest BCUT2D eigenvalue weighted by molar-refractivity contribution is 5.98. The van der Waals surface area contributed by atoms with Crippen molar-refractivity contribution in [1.29, 1.82) is 0 Å². The summed E-state index contributed by atoms with van der Waals surface area (Å²) in [7, 11) is 0. The topological polar surface area (TPSA) is 49.4 Å². The van der Waals surface area contributed by atoms with Gasteiger partial charge in [0.05, 0.1) is 11.0 Å². The number of amides is 1. The molecule has 0 bridgehead atoms. The molecule has 0 aliphatic carbocycles. The highest BCUT2D eigenvalue weighted by Gasteiger charge is 2.42. The standard InChI is InChI=1S/C33H39F3N2O2.2C2H6.C2H4/c1-6-21(2)30(39)26-18-23(4)28(24(5)19-26)11-15-38-16-13-32(14-17-38)12-10-22(3)29(37-31(32)40)25-8-7-9-27(20-25)33(34,35)36;3*1-2/h7-9,11,15,18-21H,6,10,12-14,16-17H2,1-5H3,(H,37,40);2*1-2H3;1-2H2/b15-11+;;;. The van der Waals surface area contributed by atoms with Crippen LogP contribution in [0.3, 0.4) is 0 Å². The largest absolute Gasteiger partial charge is 0.416 e. The van der Waals surface area contributed by atoms with Gasteiger partial charge < -0.3 is 10.2 Å². The fourth-order valence-electron chi connectivity index (χ4n) is 5.80. The van der Waals surface area contributed by atoms with Gasteiger partial charge in [0.1, 0.15) is 0 Å². The molecule has 0 saturated carbocycles. The van der Waals surface area contributed by atoms with Crippen LogP contribution in [0.2, 0.25) is 0 Å². The number of aryl methyl sites for hydroxylation is 2. The summed E-state index contributed by atoms with van der Waals surface area (Å²) in [6, 6.07) is 9.11. The number of rotatable bonds is 6. The minimum absolute atomic E-state index is 0.00201. The van der Waals surface area contributed by atoms with Gasteiger partial charge in [-0.2, -0.15) is 13.2 Å². The third kappa shape index (κ3) is 9.94. The van der Waals surface area contributed by atoms with E-state index >= 15 is 0 Å². The number of carbonyl (C=O) groups excluding carboxylic acids is 2. The van der Waals surface area contributed by atoms with Gasteiger partial charge in [-0.1, -0.05) is 53.7 Å². The maximum absolute atomic E-state index is 13.5. The van der Waals surface area contributed by atoms with Crippen molar-refractivity contribution in [1.82, 2.24) is 10.2 Å². The number of carbonyl (C=O) groups is 2. The summed E-state index contributed by atoms with van der Waals surface area (Å²) in [5.74, 6) is 0.0731. The molecule has 7 heteroatoms. The zero-order valence-electron chi connectivity index (χ0n) is 29.5. The Morgan fingerprint density at radius 1 is 1.00 bits per heavy atom. The molecule has 1 atom stereocenters. The molecule has 46 heavy (non-hydrogen) atoms. The molecule has 2 aliphatic heterocycles. The zero-order chi connectivity index (χ0) is 35.2. The van der Waals surface area contributed by atoms with Gasteiger partial charge in [-0.25, -0.2) is 0 Å². The summed E-state index contributed by atoms with van der Waals surface area (Å²) >= 11 is 0. The molecular weight excluding hydrogens is 585 g/mol. The lowest BCUT2D eigenvalue weighted by atomic mass is 9.74. The first kappa shape index (κ1) is 40.4. The van der Waals surface area contributed by atoms with E-state index in [2.05, 4.69) is 35.7 Å². The number of piperidine rings is 1. The Balaban J connectivity index is 0.00000166. The first-order chi connectivity index (χ1) is 21.8. The molecule has 2 aromatic rings. The lowest BCUT2D eigenvalue weighted by Gasteiger charge is -2.39. The Bertz CT molecular complexity index is 1340. The maximum atomic E-state index is 13.5. The first-order valence-corrected chi connectivity index (χ1v) is 16.6. The number of hydrogen-bond acceptors (Lipinski definition) is 3. The quantitative estimate of drug-likeness (QED) is 0.252. The highest BCUT2D eigenvalue weighted by atomic mass is 19.4. The molecule has 1 fully saturated rings. The SMILES string of the molecule is C=C.CC.CC.CCC(C)C(=O)c1cc(C)c(/C=C/N2CCC3(CCC(C)=C(c4cccc(C(F)(F)F)c4)NC3=O)CC2)c(C)c1. The fourth-order valence-corrected chi connectivity index (χ4v) is 5.80. The van der Waals surface area contributed by atoms with Crippen LogP contribution < -0.4 is 5.32 Å². The fraction of sp³-hybridized carbons (Fsp3) is 0.487. The summed E-state index contributed by atoms with van der Waals surface area (Å²) in [6.07, 6.45) is 3.21. The molecular formula is C39H55F3N2O2. The van der Waals surface area contributed by atoms with Gasteiger partial charge in [-0.05, 0) is 117 Å². The molecule has 1 N–H and O–H groups in total. The summed E-state index contributed by atoms with van der Waals surface area (Å²) in [6.45, 7) is 25.3. The molecule has 4 rings (SSSR count). The number of nitrogens with zero attached hydrogens (tertiary/aromatic N) is 1. The number of benzene rings is 2. The van der Waals surface area contributed by atoms with E-state index in [0.29, 0.717) is 50.0 Å². The molecule has 2 aromatic carbocycles. The molecule has 4 nitrogen and oxygen atoms in total. The minimum atomic E-state index is -4.44. The monoisotopic (exact) mass is 640 g/mol. The normalized spacial score (nSPS) is 16.6. The second-order valence-corrected chi connectivity index (χ2v) is 11.5. The number of Topliss-reactive ketones (excluding diaryl/α,β-unsaturated/α-hetero) is 1. The van der Waals surface area contributed by atoms with Gasteiger partial charge in [0.15, 0.2) is 5.78 Å². The lowest BCUT2D eigenvalue weighted by Crippen LogP contribution is -2.46. The van der Waals surface area contributed by atoms with Crippen LogP contribution in [-0.4, -0.2) is 29.7 Å². The van der Waals surface area contributed by atoms with E-state index in [1.807, 2.05) is 74.4 Å². The average molecular weight is 641 g/mol. The minimum Gasteiger partial charge on any atom is -0.377 e. The smallest absolute Gasteiger partial charge is 0.377 e. The van der Waals surface area contributed by atoms with Crippen LogP contribution >= 0.6 is 0 Å². The Kier molecular flexibility index (Phi) is 16.3. The van der Waals surface area contributed by atoms with Gasteiger partial charge in [-0.3, -0.25) is 9.59 Å². The van der Waals surface area contributed by atoms with Crippen LogP contribution in [0.15, 0.2) is 61.3 Å². The van der Waals surface area contributed by atoms with E-state index in [1.165, 1.54) is 6.07 Å². The molecule has 1 saturated heterocycles. The van der Waals surface area contributed by atoms with Gasteiger partial charge in [0.25, 0.3) is 0 Å². The van der Waals surface area contributed by atoms with Gasteiger partial charge >= 0.3 is 6.18 Å². The van der Waals surface area contributed by atoms with Crippen LogP contribution in [0.4, 0.5) is 13.2 Å². The number of nitrogens with one attached hydrogen (secondary N) is 1. The van der Waals surface area contributed by atoms with Crippen LogP contribution in [0, 0.1) is 25.2 Å². The predicted octanol–water partition coefficient (Wildman–Crippen LogP) is 10.8. The van der Waals surface area contributed by atoms with E-state index in [0.717, 1.165) is 46.4 Å². The lowest BCUT2D eigenvalue weighted by molar-refractivity contribution is -0.137. The van der Waals surface area contributed by atoms with Crippen molar-refractivity contribution in [3.05, 3.63) is 94.7 Å². The van der Waals surface area contributed by atoms with Crippen LogP contribution in [0.1, 0.15) is 119 Å². The Morgan fingerprint density at radius 3 is 2.09 bits per heavy atom. The highest BCUT2D eigenvalue weighted by Crippen LogP contribution is 2.41. The molecule has 1 unspecified atom stereocenters. The van der Waals surface area contributed by atoms with Crippen molar-refractivity contribution in [3.8, 4) is 0 Å². The van der Waals surface area contributed by atoms with Crippen LogP contribution in [-0.2, 0) is 11.0 Å². The number of likely N-dealkylation sites (tertiary alicyclic amines) is 1. The van der Waals surface area contributed by atoms with Crippen molar-refractivity contribution in [2.75, 3.05) is 13.1 Å². The summed E-state index contributed by atoms with van der Waals surface area (Å²) in [5.41, 5.74) is 4.49. The Hall–Kier alpha value is -3.61. The Morgan fingerprint density at radius 2 is 1.57 bits per heavy atom. The van der Waals surface area contributed by atoms with E-state index in [1.54, 1.807) is 6.07 Å². The summed E-state index contributed by atoms with van der Waals surface area (Å²) in [4.78, 5) is 28.4. The zero-order valence-corrected chi connectivity index (χ0v) is 29.5. The summed E-state index contributed by atoms with van der Waals surface area (Å²) < 4.78 is 39.9. The van der Waals surface area contributed by atoms with E-state index in [-0.39, 0.29) is 17.6 Å². The molecule has 0 aromatic heterocycles. The van der Waals surface area contributed by atoms with Crippen molar-refractivity contribution in [2.45, 2.75) is 101 Å². The van der Waals surface area contributed by atoms with Crippen LogP contribution in [0.5, 0.6) is 0 Å². The van der Waals surface area contributed by atoms with Gasteiger partial charge in [0, 0.05) is 30.3 Å². The molecule has 1 amide bonds. The number of halogens is 3. The molecule has 254 valence electrons. The predicted molar refractivity (Wildman–Crippen MR) is 187 cm³/mol. The van der Waals surface area contributed by atoms with Crippen LogP contribution in [0.25, 0.3) is 11.8 Å². The van der Waals surface area contributed by atoms with Crippen molar-refractivity contribution >= 4 is 23.5 Å². The van der Waals surface area contributed by atoms with Crippen molar-refractivity contribution in [2.24, 2.45) is 11.3 Å². The second kappa shape index (κ2) is 18.5. The second-order valence-electron chi connectivity index (χ2n) is 11.5. The number of ketones is 1. The van der Waals surface area contributed by atoms with E-state index < -0.39 is 17.2 Å². The third-order valence-electron chi connectivity index (χ3n) is 8.75. The number of alkyl halides is 3. The van der Waals surface area contributed by atoms with E-state index in [9.17, 15) is 22.8 Å². The summed E-state index contributed by atoms with van der Waals surface area (Å²) in [5, 5.41) is 3.01. The van der Waals surface area contributed by atoms with Crippen molar-refractivity contribution in [3.63, 3.8) is 0 Å². The van der Waals surface area contributed by atoms with Crippen molar-refractivity contribution < 1.29 is 22.8 Å². The first-order valence-electron chi connectivity index (χ1n) is 16.6. The van der Waals surface area contributed by atoms with E-state index in [4.69, 9.17) is 0 Å². The molecule has 2 aliphatic rings. The Labute approximate surface area is 275 Å². The maximum Gasteiger partial charge on any atom is 0.416 e. The number of hydrogen-bond donors (Lipinski definition) is 1. The number of allylic oxidation sites excluding steroid dienone is 1. The molecule has 1 spiro atoms.